The third-order valence-electron chi connectivity index (χ3n) is 2.73. The number of nitrogens with zero attached hydrogens (tertiary/aromatic N) is 1. The maximum atomic E-state index is 5.59. The van der Waals surface area contributed by atoms with Crippen LogP contribution in [0.25, 0.3) is 0 Å². The van der Waals surface area contributed by atoms with Gasteiger partial charge < -0.3 is 4.74 Å². The van der Waals surface area contributed by atoms with Crippen LogP contribution in [0.15, 0.2) is 0 Å². The molecule has 1 saturated heterocycles. The molecule has 0 aromatic carbocycles. The molecule has 0 aromatic heterocycles. The number of hydrogen-bond acceptors (Lipinski definition) is 2. The third kappa shape index (κ3) is 1.74. The van der Waals surface area contributed by atoms with E-state index < -0.39 is 0 Å². The molecule has 66 valence electrons. The first-order valence-electron chi connectivity index (χ1n) is 4.54. The molecule has 11 heavy (non-hydrogen) atoms. The summed E-state index contributed by atoms with van der Waals surface area (Å²) in [4.78, 5) is 2.49. The number of morpholine rings is 1. The summed E-state index contributed by atoms with van der Waals surface area (Å²) in [5.41, 5.74) is 0. The first-order valence-corrected chi connectivity index (χ1v) is 4.54. The minimum atomic E-state index is 0.395. The number of hydrogen-bond donors (Lipinski definition) is 0. The summed E-state index contributed by atoms with van der Waals surface area (Å²) in [6.07, 6.45) is 0.395. The van der Waals surface area contributed by atoms with Crippen LogP contribution in [0, 0.1) is 0 Å². The van der Waals surface area contributed by atoms with Gasteiger partial charge in [-0.25, -0.2) is 0 Å². The Kier molecular flexibility index (Phi) is 2.90. The Hall–Kier alpha value is -0.0800. The summed E-state index contributed by atoms with van der Waals surface area (Å²) in [6, 6.07) is 1.16. The molecular weight excluding hydrogens is 138 g/mol. The van der Waals surface area contributed by atoms with E-state index in [0.717, 1.165) is 13.2 Å². The lowest BCUT2D eigenvalue weighted by Crippen LogP contribution is -2.53. The zero-order valence-corrected chi connectivity index (χ0v) is 8.00. The van der Waals surface area contributed by atoms with Gasteiger partial charge in [-0.3, -0.25) is 4.90 Å². The summed E-state index contributed by atoms with van der Waals surface area (Å²) in [7, 11) is 0. The highest BCUT2D eigenvalue weighted by atomic mass is 16.5. The second-order valence-electron chi connectivity index (χ2n) is 3.46. The van der Waals surface area contributed by atoms with Crippen molar-refractivity contribution in [3.63, 3.8) is 0 Å². The van der Waals surface area contributed by atoms with Gasteiger partial charge in [-0.15, -0.1) is 0 Å². The topological polar surface area (TPSA) is 12.5 Å². The zero-order valence-electron chi connectivity index (χ0n) is 8.00. The van der Waals surface area contributed by atoms with Crippen molar-refractivity contribution in [2.24, 2.45) is 0 Å². The van der Waals surface area contributed by atoms with Crippen molar-refractivity contribution in [3.05, 3.63) is 0 Å². The molecule has 0 aromatic rings. The van der Waals surface area contributed by atoms with Gasteiger partial charge in [0.2, 0.25) is 0 Å². The van der Waals surface area contributed by atoms with Gasteiger partial charge in [0, 0.05) is 12.1 Å². The van der Waals surface area contributed by atoms with Gasteiger partial charge in [0.25, 0.3) is 0 Å². The smallest absolute Gasteiger partial charge is 0.0700 e. The molecule has 0 aliphatic carbocycles. The van der Waals surface area contributed by atoms with Gasteiger partial charge >= 0.3 is 0 Å². The molecule has 2 nitrogen and oxygen atoms in total. The van der Waals surface area contributed by atoms with E-state index in [1.807, 2.05) is 0 Å². The highest BCUT2D eigenvalue weighted by Crippen LogP contribution is 2.17. The average molecular weight is 157 g/mol. The Bertz CT molecular complexity index is 127. The molecule has 1 heterocycles. The van der Waals surface area contributed by atoms with Crippen LogP contribution in [-0.2, 0) is 4.74 Å². The fourth-order valence-electron chi connectivity index (χ4n) is 1.80. The average Bonchev–Trinajstić information content (AvgIpc) is 1.99. The quantitative estimate of drug-likeness (QED) is 0.572. The minimum absolute atomic E-state index is 0.395. The molecule has 0 radical (unpaired) electrons. The monoisotopic (exact) mass is 157 g/mol. The van der Waals surface area contributed by atoms with Crippen molar-refractivity contribution >= 4 is 0 Å². The normalized spacial score (nSPS) is 40.9. The van der Waals surface area contributed by atoms with E-state index in [2.05, 4.69) is 32.6 Å². The molecule has 0 spiro atoms. The highest BCUT2D eigenvalue weighted by molar-refractivity contribution is 4.81. The van der Waals surface area contributed by atoms with Crippen molar-refractivity contribution in [2.45, 2.75) is 45.9 Å². The standard InChI is InChI=1S/C9H19NO/c1-5-10-7(2)6-11-9(4)8(10)3/h7-9H,5-6H2,1-4H3. The summed E-state index contributed by atoms with van der Waals surface area (Å²) >= 11 is 0. The van der Waals surface area contributed by atoms with E-state index in [1.165, 1.54) is 0 Å². The largest absolute Gasteiger partial charge is 0.375 e. The molecular formula is C9H19NO. The van der Waals surface area contributed by atoms with Gasteiger partial charge in [-0.05, 0) is 27.3 Å². The summed E-state index contributed by atoms with van der Waals surface area (Å²) in [5.74, 6) is 0. The van der Waals surface area contributed by atoms with E-state index in [1.54, 1.807) is 0 Å². The molecule has 1 rings (SSSR count). The molecule has 2 heteroatoms. The van der Waals surface area contributed by atoms with Crippen LogP contribution in [0.5, 0.6) is 0 Å². The lowest BCUT2D eigenvalue weighted by molar-refractivity contribution is -0.0827. The molecule has 0 N–H and O–H groups in total. The fraction of sp³-hybridized carbons (Fsp3) is 1.00. The van der Waals surface area contributed by atoms with Crippen molar-refractivity contribution in [1.29, 1.82) is 0 Å². The lowest BCUT2D eigenvalue weighted by atomic mass is 10.1. The van der Waals surface area contributed by atoms with E-state index >= 15 is 0 Å². The Morgan fingerprint density at radius 3 is 2.45 bits per heavy atom. The molecule has 0 saturated carbocycles. The summed E-state index contributed by atoms with van der Waals surface area (Å²) in [6.45, 7) is 10.9. The Morgan fingerprint density at radius 2 is 2.00 bits per heavy atom. The zero-order chi connectivity index (χ0) is 8.43. The van der Waals surface area contributed by atoms with Crippen molar-refractivity contribution < 1.29 is 4.74 Å². The SMILES string of the molecule is CCN1C(C)COC(C)C1C. The van der Waals surface area contributed by atoms with Crippen molar-refractivity contribution in [1.82, 2.24) is 4.90 Å². The van der Waals surface area contributed by atoms with E-state index in [9.17, 15) is 0 Å². The molecule has 0 bridgehead atoms. The Morgan fingerprint density at radius 1 is 1.36 bits per heavy atom. The predicted molar refractivity (Wildman–Crippen MR) is 46.7 cm³/mol. The summed E-state index contributed by atoms with van der Waals surface area (Å²) in [5, 5.41) is 0. The highest BCUT2D eigenvalue weighted by Gasteiger charge is 2.28. The third-order valence-corrected chi connectivity index (χ3v) is 2.73. The van der Waals surface area contributed by atoms with Crippen LogP contribution >= 0.6 is 0 Å². The van der Waals surface area contributed by atoms with Crippen molar-refractivity contribution in [2.75, 3.05) is 13.2 Å². The van der Waals surface area contributed by atoms with Crippen LogP contribution < -0.4 is 0 Å². The first kappa shape index (κ1) is 9.01. The molecule has 3 atom stereocenters. The fourth-order valence-corrected chi connectivity index (χ4v) is 1.80. The molecule has 3 unspecified atom stereocenters. The van der Waals surface area contributed by atoms with Gasteiger partial charge in [0.05, 0.1) is 12.7 Å². The number of likely N-dealkylation sites (N-methyl/N-ethyl adjacent to an activating group) is 1. The predicted octanol–water partition coefficient (Wildman–Crippen LogP) is 1.50. The molecule has 1 fully saturated rings. The molecule has 1 aliphatic heterocycles. The van der Waals surface area contributed by atoms with Crippen LogP contribution in [-0.4, -0.2) is 36.2 Å². The summed E-state index contributed by atoms with van der Waals surface area (Å²) < 4.78 is 5.59. The maximum Gasteiger partial charge on any atom is 0.0700 e. The number of ether oxygens (including phenoxy) is 1. The van der Waals surface area contributed by atoms with E-state index in [0.29, 0.717) is 18.2 Å². The van der Waals surface area contributed by atoms with E-state index in [4.69, 9.17) is 4.74 Å². The number of rotatable bonds is 1. The van der Waals surface area contributed by atoms with Crippen LogP contribution in [0.1, 0.15) is 27.7 Å². The van der Waals surface area contributed by atoms with Gasteiger partial charge in [-0.2, -0.15) is 0 Å². The van der Waals surface area contributed by atoms with Crippen LogP contribution in [0.2, 0.25) is 0 Å². The van der Waals surface area contributed by atoms with Gasteiger partial charge in [0.1, 0.15) is 0 Å². The second kappa shape index (κ2) is 3.55. The Labute approximate surface area is 69.5 Å². The van der Waals surface area contributed by atoms with Crippen molar-refractivity contribution in [3.8, 4) is 0 Å². The molecule has 1 aliphatic rings. The van der Waals surface area contributed by atoms with E-state index in [-0.39, 0.29) is 0 Å². The Balaban J connectivity index is 2.55. The second-order valence-corrected chi connectivity index (χ2v) is 3.46. The lowest BCUT2D eigenvalue weighted by Gasteiger charge is -2.41. The van der Waals surface area contributed by atoms with Gasteiger partial charge in [0.15, 0.2) is 0 Å². The minimum Gasteiger partial charge on any atom is -0.375 e. The van der Waals surface area contributed by atoms with Crippen LogP contribution in [0.4, 0.5) is 0 Å². The maximum absolute atomic E-state index is 5.59. The van der Waals surface area contributed by atoms with Crippen LogP contribution in [0.3, 0.4) is 0 Å². The molecule has 0 amide bonds. The van der Waals surface area contributed by atoms with Gasteiger partial charge in [-0.1, -0.05) is 6.92 Å². The first-order chi connectivity index (χ1) is 5.16.